The van der Waals surface area contributed by atoms with E-state index >= 15 is 0 Å². The summed E-state index contributed by atoms with van der Waals surface area (Å²) in [6, 6.07) is 0. The topological polar surface area (TPSA) is 216 Å². The second-order valence-corrected chi connectivity index (χ2v) is 11.0. The summed E-state index contributed by atoms with van der Waals surface area (Å²) in [7, 11) is 0. The first-order valence-corrected chi connectivity index (χ1v) is 30.4. The van der Waals surface area contributed by atoms with Gasteiger partial charge in [0.2, 0.25) is 11.8 Å². The van der Waals surface area contributed by atoms with Crippen LogP contribution in [0.3, 0.4) is 0 Å². The second kappa shape index (κ2) is 27.9. The molecule has 2 fully saturated rings. The predicted molar refractivity (Wildman–Crippen MR) is 165 cm³/mol. The number of piperazine rings is 2. The van der Waals surface area contributed by atoms with Crippen LogP contribution >= 0.6 is 0 Å². The summed E-state index contributed by atoms with van der Waals surface area (Å²) >= 11 is 2.50. The molecule has 246 valence electrons. The molecule has 18 heteroatoms. The van der Waals surface area contributed by atoms with Crippen LogP contribution in [0.1, 0.15) is 54.9 Å². The van der Waals surface area contributed by atoms with Crippen LogP contribution in [0.25, 0.3) is 0 Å². The second-order valence-electron chi connectivity index (χ2n) is 11.0. The summed E-state index contributed by atoms with van der Waals surface area (Å²) in [5.74, 6) is -1.45. The van der Waals surface area contributed by atoms with Crippen LogP contribution in [0.5, 0.6) is 0 Å². The molecular formula is C26H50K2N6O10. The van der Waals surface area contributed by atoms with Crippen molar-refractivity contribution in [3.8, 4) is 0 Å². The number of nitrogens with two attached hydrogens (primary N) is 2. The third kappa shape index (κ3) is 33.2. The molecule has 44 heavy (non-hydrogen) atoms. The van der Waals surface area contributed by atoms with E-state index in [2.05, 4.69) is 32.5 Å². The summed E-state index contributed by atoms with van der Waals surface area (Å²) in [5, 5.41) is 13.4. The molecule has 0 atom stereocenters. The number of nitrogens with one attached hydrogen (secondary N) is 1. The molecule has 0 aromatic heterocycles. The molecular weight excluding hydrogens is 635 g/mol. The molecule has 0 unspecified atom stereocenters. The fourth-order valence-electron chi connectivity index (χ4n) is 2.98. The third-order valence-electron chi connectivity index (χ3n) is 4.82. The maximum atomic E-state index is 11.8. The SMILES string of the molecule is C=CC(N)=O.CC(=O)OOO.CC(C)(C)OC(=O)N1CCN(CCC(N)=O)CC1.CC(C)(C)OC(=O)N1CCNCC1.[K][K]. The van der Waals surface area contributed by atoms with Gasteiger partial charge in [-0.05, 0) is 52.7 Å². The van der Waals surface area contributed by atoms with E-state index in [1.165, 1.54) is 63.2 Å². The number of ether oxygens (including phenoxy) is 2. The van der Waals surface area contributed by atoms with Crippen LogP contribution in [0.15, 0.2) is 12.7 Å². The summed E-state index contributed by atoms with van der Waals surface area (Å²) in [5.41, 5.74) is 8.79. The first kappa shape index (κ1) is 48.2. The van der Waals surface area contributed by atoms with Crippen LogP contribution in [-0.4, -0.2) is 183 Å². The van der Waals surface area contributed by atoms with E-state index in [1.54, 1.807) is 9.80 Å². The Balaban J connectivity index is -0.000000562. The number of hydrogen-bond donors (Lipinski definition) is 4. The van der Waals surface area contributed by atoms with Gasteiger partial charge in [-0.3, -0.25) is 19.4 Å². The number of amides is 4. The van der Waals surface area contributed by atoms with Crippen LogP contribution in [0, 0.1) is 0 Å². The van der Waals surface area contributed by atoms with Crippen molar-refractivity contribution in [2.24, 2.45) is 11.5 Å². The van der Waals surface area contributed by atoms with Gasteiger partial charge in [0.15, 0.2) is 0 Å². The molecule has 0 saturated carbocycles. The molecule has 0 aromatic carbocycles. The van der Waals surface area contributed by atoms with Crippen molar-refractivity contribution in [3.63, 3.8) is 0 Å². The number of rotatable bonds is 5. The molecule has 6 N–H and O–H groups in total. The van der Waals surface area contributed by atoms with Crippen LogP contribution in [0.4, 0.5) is 9.59 Å². The Kier molecular flexibility index (Phi) is 30.5. The van der Waals surface area contributed by atoms with Crippen molar-refractivity contribution in [1.29, 1.82) is 0 Å². The quantitative estimate of drug-likeness (QED) is 0.131. The third-order valence-corrected chi connectivity index (χ3v) is 4.82. The summed E-state index contributed by atoms with van der Waals surface area (Å²) in [6.45, 7) is 22.1. The Morgan fingerprint density at radius 2 is 1.23 bits per heavy atom. The first-order valence-electron chi connectivity index (χ1n) is 14.4. The monoisotopic (exact) mass is 684 g/mol. The number of carbonyl (C=O) groups excluding carboxylic acids is 5. The zero-order chi connectivity index (χ0) is 34.9. The molecule has 0 aromatic rings. The Labute approximate surface area is 306 Å². The zero-order valence-electron chi connectivity index (χ0n) is 28.0. The van der Waals surface area contributed by atoms with Crippen molar-refractivity contribution in [2.75, 3.05) is 58.9 Å². The van der Waals surface area contributed by atoms with E-state index in [-0.39, 0.29) is 23.7 Å². The van der Waals surface area contributed by atoms with Gasteiger partial charge in [-0.1, -0.05) is 6.58 Å². The molecule has 0 radical (unpaired) electrons. The minimum atomic E-state index is -0.683. The van der Waals surface area contributed by atoms with E-state index in [1.807, 2.05) is 41.5 Å². The van der Waals surface area contributed by atoms with Crippen molar-refractivity contribution < 1.29 is 48.6 Å². The van der Waals surface area contributed by atoms with Gasteiger partial charge in [-0.25, -0.2) is 19.6 Å². The van der Waals surface area contributed by atoms with Crippen LogP contribution in [0.2, 0.25) is 0 Å². The van der Waals surface area contributed by atoms with E-state index in [0.29, 0.717) is 26.1 Å². The molecule has 2 rings (SSSR count). The molecule has 4 amide bonds. The molecule has 2 aliphatic heterocycles. The Morgan fingerprint density at radius 1 is 0.841 bits per heavy atom. The van der Waals surface area contributed by atoms with E-state index in [9.17, 15) is 24.0 Å². The van der Waals surface area contributed by atoms with E-state index in [0.717, 1.165) is 52.3 Å². The van der Waals surface area contributed by atoms with Gasteiger partial charge in [0.05, 0.1) is 0 Å². The summed E-state index contributed by atoms with van der Waals surface area (Å²) in [4.78, 5) is 62.0. The normalized spacial score (nSPS) is 14.6. The van der Waals surface area contributed by atoms with E-state index < -0.39 is 17.5 Å². The van der Waals surface area contributed by atoms with Gasteiger partial charge in [-0.15, -0.1) is 0 Å². The Morgan fingerprint density at radius 3 is 1.50 bits per heavy atom. The van der Waals surface area contributed by atoms with Crippen molar-refractivity contribution >= 4 is 93.1 Å². The molecule has 2 saturated heterocycles. The van der Waals surface area contributed by atoms with Crippen molar-refractivity contribution in [2.45, 2.75) is 66.1 Å². The van der Waals surface area contributed by atoms with Crippen LogP contribution in [-0.2, 0) is 33.8 Å². The number of nitrogens with zero attached hydrogens (tertiary/aromatic N) is 3. The predicted octanol–water partition coefficient (Wildman–Crippen LogP) is 0.0914. The molecule has 2 aliphatic rings. The molecule has 0 spiro atoms. The fraction of sp³-hybridized carbons (Fsp3) is 0.731. The summed E-state index contributed by atoms with van der Waals surface area (Å²) < 4.78 is 10.5. The molecule has 0 bridgehead atoms. The average molecular weight is 685 g/mol. The van der Waals surface area contributed by atoms with Gasteiger partial charge in [0.1, 0.15) is 11.2 Å². The standard InChI is InChI=1S/C12H23N3O3.C9H18N2O2.C3H5NO.C2H4O4.2K/c1-12(2,3)18-11(17)15-8-6-14(7-9-15)5-4-10(13)16;1-9(2,3)13-8(12)11-6-4-10-5-7-11;1-2-3(4)5;1-2(3)5-6-4;;/h4-9H2,1-3H3,(H2,13,16);10H,4-7H2,1-3H3;2H,1H2,(H2,4,5);4H,1H3;;. The van der Waals surface area contributed by atoms with Crippen LogP contribution < -0.4 is 16.8 Å². The van der Waals surface area contributed by atoms with Gasteiger partial charge in [0.25, 0.3) is 0 Å². The zero-order valence-corrected chi connectivity index (χ0v) is 34.2. The number of hydrogen-bond acceptors (Lipinski definition) is 12. The number of carbonyl (C=O) groups is 5. The molecule has 0 aliphatic carbocycles. The summed E-state index contributed by atoms with van der Waals surface area (Å²) in [6.07, 6.45) is 0.956. The van der Waals surface area contributed by atoms with Crippen molar-refractivity contribution in [1.82, 2.24) is 20.0 Å². The molecule has 16 nitrogen and oxygen atoms in total. The van der Waals surface area contributed by atoms with Gasteiger partial charge >= 0.3 is 81.3 Å². The van der Waals surface area contributed by atoms with Gasteiger partial charge in [0, 0.05) is 72.2 Å². The maximum absolute atomic E-state index is 11.8. The van der Waals surface area contributed by atoms with E-state index in [4.69, 9.17) is 20.5 Å². The van der Waals surface area contributed by atoms with Gasteiger partial charge < -0.3 is 36.1 Å². The van der Waals surface area contributed by atoms with Crippen molar-refractivity contribution in [3.05, 3.63) is 12.7 Å². The first-order chi connectivity index (χ1) is 20.3. The number of primary amides is 2. The Bertz CT molecular complexity index is 855. The fourth-order valence-corrected chi connectivity index (χ4v) is 2.98. The average Bonchev–Trinajstić information content (AvgIpc) is 2.93. The Hall–Kier alpha value is -0.197. The minimum absolute atomic E-state index is 0.200. The molecule has 2 heterocycles. The van der Waals surface area contributed by atoms with Gasteiger partial charge in [-0.2, -0.15) is 0 Å².